The van der Waals surface area contributed by atoms with E-state index in [0.717, 1.165) is 49.7 Å². The number of aromatic hydroxyl groups is 2. The molecule has 0 amide bonds. The molecule has 0 aliphatic heterocycles. The molecule has 3 aliphatic carbocycles. The Morgan fingerprint density at radius 1 is 1.21 bits per heavy atom. The smallest absolute Gasteiger partial charge is 0.302 e. The lowest BCUT2D eigenvalue weighted by Crippen LogP contribution is -2.45. The average molecular weight is 330 g/mol. The van der Waals surface area contributed by atoms with Crippen LogP contribution in [0.15, 0.2) is 12.1 Å². The first-order chi connectivity index (χ1) is 11.4. The summed E-state index contributed by atoms with van der Waals surface area (Å²) in [7, 11) is 0. The highest BCUT2D eigenvalue weighted by molar-refractivity contribution is 5.66. The van der Waals surface area contributed by atoms with Crippen molar-refractivity contribution in [1.82, 2.24) is 0 Å². The summed E-state index contributed by atoms with van der Waals surface area (Å²) in [5, 5.41) is 20.2. The summed E-state index contributed by atoms with van der Waals surface area (Å²) in [5.41, 5.74) is 2.23. The number of carbonyl (C=O) groups is 1. The molecule has 0 bridgehead atoms. The summed E-state index contributed by atoms with van der Waals surface area (Å²) in [6, 6.07) is 3.29. The molecule has 4 rings (SSSR count). The van der Waals surface area contributed by atoms with Gasteiger partial charge in [0.1, 0.15) is 17.6 Å². The van der Waals surface area contributed by atoms with Gasteiger partial charge in [0.15, 0.2) is 0 Å². The number of hydrogen-bond acceptors (Lipinski definition) is 4. The predicted octanol–water partition coefficient (Wildman–Crippen LogP) is 3.89. The molecule has 130 valence electrons. The Labute approximate surface area is 142 Å². The monoisotopic (exact) mass is 330 g/mol. The minimum Gasteiger partial charge on any atom is -0.508 e. The summed E-state index contributed by atoms with van der Waals surface area (Å²) >= 11 is 0. The van der Waals surface area contributed by atoms with Gasteiger partial charge in [0.05, 0.1) is 0 Å². The third kappa shape index (κ3) is 2.22. The molecule has 1 aromatic rings. The van der Waals surface area contributed by atoms with Crippen molar-refractivity contribution in [2.75, 3.05) is 0 Å². The van der Waals surface area contributed by atoms with Crippen molar-refractivity contribution in [1.29, 1.82) is 0 Å². The first-order valence-electron chi connectivity index (χ1n) is 9.12. The van der Waals surface area contributed by atoms with Gasteiger partial charge >= 0.3 is 5.97 Å². The lowest BCUT2D eigenvalue weighted by atomic mass is 9.55. The number of rotatable bonds is 1. The van der Waals surface area contributed by atoms with Crippen molar-refractivity contribution in [3.05, 3.63) is 23.3 Å². The zero-order valence-corrected chi connectivity index (χ0v) is 14.4. The zero-order chi connectivity index (χ0) is 17.1. The Morgan fingerprint density at radius 3 is 2.75 bits per heavy atom. The van der Waals surface area contributed by atoms with E-state index < -0.39 is 0 Å². The van der Waals surface area contributed by atoms with Gasteiger partial charge in [-0.2, -0.15) is 0 Å². The number of fused-ring (bicyclic) bond motifs is 5. The second kappa shape index (κ2) is 5.40. The van der Waals surface area contributed by atoms with E-state index in [0.29, 0.717) is 17.8 Å². The minimum absolute atomic E-state index is 0.0377. The van der Waals surface area contributed by atoms with Gasteiger partial charge in [0.2, 0.25) is 0 Å². The van der Waals surface area contributed by atoms with E-state index >= 15 is 0 Å². The Bertz CT molecular complexity index is 682. The maximum atomic E-state index is 11.5. The third-order valence-corrected chi connectivity index (χ3v) is 7.00. The molecule has 0 spiro atoms. The van der Waals surface area contributed by atoms with Crippen LogP contribution in [-0.2, 0) is 16.0 Å². The number of hydrogen-bond donors (Lipinski definition) is 2. The van der Waals surface area contributed by atoms with Crippen LogP contribution in [0.3, 0.4) is 0 Å². The maximum absolute atomic E-state index is 11.5. The number of aryl methyl sites for hydroxylation is 1. The maximum Gasteiger partial charge on any atom is 0.302 e. The van der Waals surface area contributed by atoms with Crippen LogP contribution in [0.5, 0.6) is 11.5 Å². The summed E-state index contributed by atoms with van der Waals surface area (Å²) in [4.78, 5) is 11.5. The third-order valence-electron chi connectivity index (χ3n) is 7.00. The van der Waals surface area contributed by atoms with Gasteiger partial charge in [-0.25, -0.2) is 0 Å². The molecule has 0 heterocycles. The first-order valence-corrected chi connectivity index (χ1v) is 9.12. The SMILES string of the molecule is CC(=O)O[C@H]1CC[C@H]2[C@@H]3CCc4cc(O)cc(O)c4[C@H]3CC[C@]12C. The second-order valence-corrected chi connectivity index (χ2v) is 8.17. The van der Waals surface area contributed by atoms with E-state index in [2.05, 4.69) is 6.92 Å². The highest BCUT2D eigenvalue weighted by Crippen LogP contribution is 2.62. The number of ether oxygens (including phenoxy) is 1. The van der Waals surface area contributed by atoms with Crippen LogP contribution in [0.4, 0.5) is 0 Å². The molecule has 2 fully saturated rings. The van der Waals surface area contributed by atoms with E-state index in [-0.39, 0.29) is 29.0 Å². The zero-order valence-electron chi connectivity index (χ0n) is 14.4. The molecule has 5 atom stereocenters. The molecule has 4 heteroatoms. The molecule has 24 heavy (non-hydrogen) atoms. The van der Waals surface area contributed by atoms with E-state index in [1.54, 1.807) is 0 Å². The average Bonchev–Trinajstić information content (AvgIpc) is 2.83. The Kier molecular flexibility index (Phi) is 3.55. The summed E-state index contributed by atoms with van der Waals surface area (Å²) in [6.45, 7) is 3.80. The lowest BCUT2D eigenvalue weighted by Gasteiger charge is -2.50. The van der Waals surface area contributed by atoms with Crippen molar-refractivity contribution in [3.8, 4) is 11.5 Å². The topological polar surface area (TPSA) is 66.8 Å². The Morgan fingerprint density at radius 2 is 2.00 bits per heavy atom. The van der Waals surface area contributed by atoms with Gasteiger partial charge in [-0.3, -0.25) is 4.79 Å². The Balaban J connectivity index is 1.67. The molecule has 2 N–H and O–H groups in total. The van der Waals surface area contributed by atoms with Crippen molar-refractivity contribution < 1.29 is 19.7 Å². The molecule has 2 saturated carbocycles. The van der Waals surface area contributed by atoms with Crippen molar-refractivity contribution in [3.63, 3.8) is 0 Å². The Hall–Kier alpha value is -1.71. The van der Waals surface area contributed by atoms with Crippen LogP contribution in [0.2, 0.25) is 0 Å². The van der Waals surface area contributed by atoms with Gasteiger partial charge < -0.3 is 14.9 Å². The van der Waals surface area contributed by atoms with Crippen LogP contribution < -0.4 is 0 Å². The summed E-state index contributed by atoms with van der Waals surface area (Å²) < 4.78 is 5.65. The lowest BCUT2D eigenvalue weighted by molar-refractivity contribution is -0.154. The number of carbonyl (C=O) groups excluding carboxylic acids is 1. The quantitative estimate of drug-likeness (QED) is 0.767. The van der Waals surface area contributed by atoms with Gasteiger partial charge in [0, 0.05) is 24.0 Å². The molecule has 4 nitrogen and oxygen atoms in total. The number of benzene rings is 1. The molecule has 0 saturated heterocycles. The molecule has 0 aromatic heterocycles. The molecular weight excluding hydrogens is 304 g/mol. The van der Waals surface area contributed by atoms with Crippen LogP contribution in [0, 0.1) is 17.3 Å². The van der Waals surface area contributed by atoms with Crippen molar-refractivity contribution in [2.45, 2.75) is 64.4 Å². The van der Waals surface area contributed by atoms with E-state index in [1.807, 2.05) is 6.07 Å². The van der Waals surface area contributed by atoms with E-state index in [4.69, 9.17) is 4.74 Å². The van der Waals surface area contributed by atoms with Crippen LogP contribution in [0.1, 0.15) is 63.0 Å². The van der Waals surface area contributed by atoms with Crippen LogP contribution in [0.25, 0.3) is 0 Å². The molecule has 1 aromatic carbocycles. The highest BCUT2D eigenvalue weighted by Gasteiger charge is 2.56. The number of phenols is 2. The molecule has 3 aliphatic rings. The molecule has 0 unspecified atom stereocenters. The number of phenolic OH excluding ortho intramolecular Hbond substituents is 2. The summed E-state index contributed by atoms with van der Waals surface area (Å²) in [5.74, 6) is 1.67. The van der Waals surface area contributed by atoms with Crippen LogP contribution >= 0.6 is 0 Å². The fraction of sp³-hybridized carbons (Fsp3) is 0.650. The summed E-state index contributed by atoms with van der Waals surface area (Å²) in [6.07, 6.45) is 6.13. The normalized spacial score (nSPS) is 37.2. The fourth-order valence-corrected chi connectivity index (χ4v) is 6.03. The highest BCUT2D eigenvalue weighted by atomic mass is 16.5. The van der Waals surface area contributed by atoms with E-state index in [1.165, 1.54) is 13.0 Å². The van der Waals surface area contributed by atoms with E-state index in [9.17, 15) is 15.0 Å². The second-order valence-electron chi connectivity index (χ2n) is 8.17. The number of esters is 1. The molecule has 0 radical (unpaired) electrons. The largest absolute Gasteiger partial charge is 0.508 e. The van der Waals surface area contributed by atoms with Crippen molar-refractivity contribution >= 4 is 5.97 Å². The van der Waals surface area contributed by atoms with Gasteiger partial charge in [-0.15, -0.1) is 0 Å². The minimum atomic E-state index is -0.175. The van der Waals surface area contributed by atoms with Crippen LogP contribution in [-0.4, -0.2) is 22.3 Å². The van der Waals surface area contributed by atoms with Crippen molar-refractivity contribution in [2.24, 2.45) is 17.3 Å². The molecular formula is C20H26O4. The standard InChI is InChI=1S/C20H26O4/c1-11(21)24-18-6-5-16-14-4-3-12-9-13(22)10-17(23)19(12)15(14)7-8-20(16,18)2/h9-10,14-16,18,22-23H,3-8H2,1-2H3/t14-,15+,16+,18+,20+/m1/s1. The van der Waals surface area contributed by atoms with Gasteiger partial charge in [-0.1, -0.05) is 6.92 Å². The fourth-order valence-electron chi connectivity index (χ4n) is 6.03. The van der Waals surface area contributed by atoms with Gasteiger partial charge in [0.25, 0.3) is 0 Å². The first kappa shape index (κ1) is 15.8. The van der Waals surface area contributed by atoms with Gasteiger partial charge in [-0.05, 0) is 67.9 Å². The predicted molar refractivity (Wildman–Crippen MR) is 89.9 cm³/mol.